The number of alkyl halides is 5. The topological polar surface area (TPSA) is 70.6 Å². The summed E-state index contributed by atoms with van der Waals surface area (Å²) >= 11 is 10.7. The van der Waals surface area contributed by atoms with Crippen molar-refractivity contribution in [2.75, 3.05) is 6.67 Å². The van der Waals surface area contributed by atoms with Crippen molar-refractivity contribution < 1.29 is 27.9 Å². The minimum absolute atomic E-state index is 0.121. The third-order valence-corrected chi connectivity index (χ3v) is 3.20. The van der Waals surface area contributed by atoms with Crippen molar-refractivity contribution in [3.05, 3.63) is 35.4 Å². The lowest BCUT2D eigenvalue weighted by Crippen LogP contribution is -2.43. The van der Waals surface area contributed by atoms with Gasteiger partial charge in [0.25, 0.3) is 5.91 Å². The Morgan fingerprint density at radius 2 is 1.87 bits per heavy atom. The Bertz CT molecular complexity index is 492. The van der Waals surface area contributed by atoms with Gasteiger partial charge in [-0.2, -0.15) is 8.78 Å². The highest BCUT2D eigenvalue weighted by molar-refractivity contribution is 6.53. The summed E-state index contributed by atoms with van der Waals surface area (Å²) in [5.74, 6) is -0.821. The molecule has 0 aromatic heterocycles. The molecule has 5 nitrogen and oxygen atoms in total. The third-order valence-electron chi connectivity index (χ3n) is 2.81. The van der Waals surface area contributed by atoms with Gasteiger partial charge in [-0.15, -0.1) is 5.48 Å². The molecule has 0 saturated heterocycles. The summed E-state index contributed by atoms with van der Waals surface area (Å²) in [6.45, 7) is -3.95. The summed E-state index contributed by atoms with van der Waals surface area (Å²) in [6, 6.07) is 4.72. The lowest BCUT2D eigenvalue weighted by Gasteiger charge is -2.22. The monoisotopic (exact) mass is 374 g/mol. The lowest BCUT2D eigenvalue weighted by atomic mass is 10.0. The van der Waals surface area contributed by atoms with Crippen LogP contribution in [0.1, 0.15) is 17.2 Å². The van der Waals surface area contributed by atoms with E-state index in [9.17, 15) is 23.1 Å². The summed E-state index contributed by atoms with van der Waals surface area (Å²) in [6.07, 6.45) is -1.33. The van der Waals surface area contributed by atoms with Crippen LogP contribution in [0.4, 0.5) is 13.2 Å². The molecule has 23 heavy (non-hydrogen) atoms. The van der Waals surface area contributed by atoms with Gasteiger partial charge >= 0.3 is 6.55 Å². The fourth-order valence-corrected chi connectivity index (χ4v) is 1.80. The molecule has 130 valence electrons. The van der Waals surface area contributed by atoms with Crippen LogP contribution >= 0.6 is 23.2 Å². The third kappa shape index (κ3) is 6.92. The zero-order chi connectivity index (χ0) is 17.4. The fourth-order valence-electron chi connectivity index (χ4n) is 1.68. The summed E-state index contributed by atoms with van der Waals surface area (Å²) in [5, 5.41) is 12.2. The molecule has 0 radical (unpaired) electrons. The second-order valence-corrected chi connectivity index (χ2v) is 5.56. The van der Waals surface area contributed by atoms with Crippen LogP contribution in [0.15, 0.2) is 24.3 Å². The number of hydrogen-bond donors (Lipinski definition) is 3. The lowest BCUT2D eigenvalue weighted by molar-refractivity contribution is -0.121. The highest BCUT2D eigenvalue weighted by Gasteiger charge is 2.25. The van der Waals surface area contributed by atoms with Gasteiger partial charge in [0.15, 0.2) is 4.84 Å². The van der Waals surface area contributed by atoms with Crippen LogP contribution in [0, 0.1) is 0 Å². The number of halogens is 5. The quantitative estimate of drug-likeness (QED) is 0.352. The maximum Gasteiger partial charge on any atom is 0.313 e. The zero-order valence-electron chi connectivity index (χ0n) is 11.7. The first-order valence-corrected chi connectivity index (χ1v) is 7.29. The minimum atomic E-state index is -2.79. The zero-order valence-corrected chi connectivity index (χ0v) is 13.2. The van der Waals surface area contributed by atoms with E-state index in [1.54, 1.807) is 0 Å². The van der Waals surface area contributed by atoms with Gasteiger partial charge in [0.1, 0.15) is 12.8 Å². The van der Waals surface area contributed by atoms with Crippen molar-refractivity contribution in [1.82, 2.24) is 10.8 Å². The molecule has 1 amide bonds. The van der Waals surface area contributed by atoms with E-state index >= 15 is 0 Å². The maximum atomic E-state index is 13.0. The van der Waals surface area contributed by atoms with Gasteiger partial charge in [-0.25, -0.2) is 4.39 Å². The van der Waals surface area contributed by atoms with Crippen LogP contribution in [0.3, 0.4) is 0 Å². The van der Waals surface area contributed by atoms with Crippen LogP contribution in [-0.2, 0) is 16.2 Å². The van der Waals surface area contributed by atoms with Crippen LogP contribution in [0.25, 0.3) is 0 Å². The van der Waals surface area contributed by atoms with Crippen molar-refractivity contribution in [1.29, 1.82) is 0 Å². The number of aliphatic hydroxyl groups is 1. The Hall–Kier alpha value is -1.06. The number of nitrogens with one attached hydrogen (secondary N) is 2. The second kappa shape index (κ2) is 9.94. The number of carbonyl (C=O) groups excluding carboxylic acids is 1. The first kappa shape index (κ1) is 20.0. The molecule has 2 atom stereocenters. The van der Waals surface area contributed by atoms with Gasteiger partial charge in [0.05, 0.1) is 12.6 Å². The largest absolute Gasteiger partial charge is 0.386 e. The molecule has 10 heteroatoms. The molecule has 1 aromatic rings. The number of aliphatic hydroxyl groups excluding tert-OH is 1. The summed E-state index contributed by atoms with van der Waals surface area (Å²) in [4.78, 5) is 14.5. The van der Waals surface area contributed by atoms with Crippen molar-refractivity contribution in [3.8, 4) is 0 Å². The fraction of sp³-hybridized carbons (Fsp3) is 0.462. The van der Waals surface area contributed by atoms with Gasteiger partial charge in [-0.05, 0) is 11.1 Å². The average Bonchev–Trinajstić information content (AvgIpc) is 2.52. The molecule has 0 heterocycles. The predicted molar refractivity (Wildman–Crippen MR) is 78.7 cm³/mol. The van der Waals surface area contributed by atoms with E-state index in [0.29, 0.717) is 11.1 Å². The van der Waals surface area contributed by atoms with Gasteiger partial charge in [-0.1, -0.05) is 47.5 Å². The van der Waals surface area contributed by atoms with Gasteiger partial charge in [0.2, 0.25) is 0 Å². The number of hydroxylamine groups is 1. The molecular formula is C13H15Cl2F3N2O3. The van der Waals surface area contributed by atoms with E-state index in [2.05, 4.69) is 10.2 Å². The number of amides is 1. The summed E-state index contributed by atoms with van der Waals surface area (Å²) < 4.78 is 36.7. The first-order chi connectivity index (χ1) is 10.8. The normalized spacial score (nSPS) is 14.1. The highest BCUT2D eigenvalue weighted by atomic mass is 35.5. The van der Waals surface area contributed by atoms with E-state index in [-0.39, 0.29) is 6.61 Å². The minimum Gasteiger partial charge on any atom is -0.386 e. The maximum absolute atomic E-state index is 13.0. The van der Waals surface area contributed by atoms with E-state index in [4.69, 9.17) is 23.2 Å². The smallest absolute Gasteiger partial charge is 0.313 e. The molecule has 0 unspecified atom stereocenters. The van der Waals surface area contributed by atoms with Gasteiger partial charge < -0.3 is 10.4 Å². The van der Waals surface area contributed by atoms with E-state index in [1.165, 1.54) is 29.7 Å². The van der Waals surface area contributed by atoms with Gasteiger partial charge in [0, 0.05) is 0 Å². The molecule has 0 saturated carbocycles. The molecule has 0 bridgehead atoms. The molecule has 0 spiro atoms. The van der Waals surface area contributed by atoms with Gasteiger partial charge in [-0.3, -0.25) is 9.63 Å². The van der Waals surface area contributed by atoms with Crippen molar-refractivity contribution in [2.45, 2.75) is 30.1 Å². The SMILES string of the molecule is O=C(N[C@H](CF)[C@H](O)c1ccc(CONC(F)F)cc1)C(Cl)Cl. The van der Waals surface area contributed by atoms with Crippen molar-refractivity contribution in [2.24, 2.45) is 0 Å². The molecule has 3 N–H and O–H groups in total. The first-order valence-electron chi connectivity index (χ1n) is 6.42. The Kier molecular flexibility index (Phi) is 8.64. The molecule has 0 aliphatic rings. The predicted octanol–water partition coefficient (Wildman–Crippen LogP) is 2.22. The second-order valence-electron chi connectivity index (χ2n) is 4.46. The standard InChI is InChI=1S/C13H15Cl2F3N2O3/c14-11(15)12(22)19-9(5-16)10(21)8-3-1-7(2-4-8)6-23-20-13(17)18/h1-4,9-11,13,20-21H,5-6H2,(H,19,22)/t9-,10-/m1/s1. The number of rotatable bonds is 9. The van der Waals surface area contributed by atoms with Crippen LogP contribution < -0.4 is 10.8 Å². The van der Waals surface area contributed by atoms with E-state index < -0.39 is 36.1 Å². The number of carbonyl (C=O) groups is 1. The van der Waals surface area contributed by atoms with E-state index in [1.807, 2.05) is 0 Å². The Morgan fingerprint density at radius 3 is 2.35 bits per heavy atom. The molecule has 0 aliphatic carbocycles. The average molecular weight is 375 g/mol. The van der Waals surface area contributed by atoms with Crippen LogP contribution in [0.5, 0.6) is 0 Å². The molecule has 1 rings (SSSR count). The Morgan fingerprint density at radius 1 is 1.26 bits per heavy atom. The molecule has 0 aliphatic heterocycles. The van der Waals surface area contributed by atoms with Crippen molar-refractivity contribution in [3.63, 3.8) is 0 Å². The molecule has 1 aromatic carbocycles. The summed E-state index contributed by atoms with van der Waals surface area (Å²) in [5.41, 5.74) is 2.36. The highest BCUT2D eigenvalue weighted by Crippen LogP contribution is 2.19. The van der Waals surface area contributed by atoms with Crippen LogP contribution in [-0.4, -0.2) is 35.1 Å². The molecular weight excluding hydrogens is 360 g/mol. The Labute approximate surface area is 140 Å². The van der Waals surface area contributed by atoms with Crippen LogP contribution in [0.2, 0.25) is 0 Å². The van der Waals surface area contributed by atoms with Crippen molar-refractivity contribution >= 4 is 29.1 Å². The number of hydrogen-bond acceptors (Lipinski definition) is 4. The Balaban J connectivity index is 2.64. The molecule has 0 fully saturated rings. The number of benzene rings is 1. The summed E-state index contributed by atoms with van der Waals surface area (Å²) in [7, 11) is 0. The van der Waals surface area contributed by atoms with E-state index in [0.717, 1.165) is 0 Å².